The number of aromatic nitrogens is 3. The molecule has 1 saturated heterocycles. The summed E-state index contributed by atoms with van der Waals surface area (Å²) in [6.07, 6.45) is 1.89. The lowest BCUT2D eigenvalue weighted by molar-refractivity contribution is -0.118. The molecule has 2 N–H and O–H groups in total. The lowest BCUT2D eigenvalue weighted by atomic mass is 9.99. The summed E-state index contributed by atoms with van der Waals surface area (Å²) in [6, 6.07) is -0.186. The second kappa shape index (κ2) is 5.10. The third-order valence-electron chi connectivity index (χ3n) is 3.86. The standard InChI is InChI=1S/C12H18N6O2/c1-8-15-16-10-3-2-9(5-18(8)10)4-13-12(20)17-6-11(19)14-7-17/h9H,2-7H2,1H3,(H,13,20)(H,14,19). The zero-order chi connectivity index (χ0) is 14.1. The number of carbonyl (C=O) groups excluding carboxylic acids is 2. The topological polar surface area (TPSA) is 92.2 Å². The van der Waals surface area contributed by atoms with Crippen LogP contribution < -0.4 is 10.6 Å². The van der Waals surface area contributed by atoms with Gasteiger partial charge in [-0.15, -0.1) is 10.2 Å². The molecule has 0 aliphatic carbocycles. The maximum Gasteiger partial charge on any atom is 0.319 e. The quantitative estimate of drug-likeness (QED) is 0.744. The van der Waals surface area contributed by atoms with Crippen molar-refractivity contribution in [3.63, 3.8) is 0 Å². The fraction of sp³-hybridized carbons (Fsp3) is 0.667. The van der Waals surface area contributed by atoms with Crippen LogP contribution in [0.1, 0.15) is 18.1 Å². The highest BCUT2D eigenvalue weighted by Crippen LogP contribution is 2.19. The summed E-state index contributed by atoms with van der Waals surface area (Å²) in [5.74, 6) is 2.22. The first-order valence-corrected chi connectivity index (χ1v) is 6.81. The molecule has 0 saturated carbocycles. The van der Waals surface area contributed by atoms with Crippen molar-refractivity contribution in [2.75, 3.05) is 19.8 Å². The Balaban J connectivity index is 1.51. The average molecular weight is 278 g/mol. The summed E-state index contributed by atoms with van der Waals surface area (Å²) < 4.78 is 2.11. The van der Waals surface area contributed by atoms with Crippen molar-refractivity contribution in [3.8, 4) is 0 Å². The van der Waals surface area contributed by atoms with Gasteiger partial charge in [0.25, 0.3) is 0 Å². The van der Waals surface area contributed by atoms with E-state index in [1.807, 2.05) is 6.92 Å². The highest BCUT2D eigenvalue weighted by atomic mass is 16.2. The number of hydrogen-bond acceptors (Lipinski definition) is 4. The smallest absolute Gasteiger partial charge is 0.319 e. The Kier molecular flexibility index (Phi) is 3.29. The van der Waals surface area contributed by atoms with Crippen LogP contribution in [0, 0.1) is 12.8 Å². The number of rotatable bonds is 2. The fourth-order valence-electron chi connectivity index (χ4n) is 2.65. The minimum Gasteiger partial charge on any atom is -0.338 e. The van der Waals surface area contributed by atoms with Gasteiger partial charge in [0.05, 0.1) is 6.67 Å². The molecule has 1 unspecified atom stereocenters. The molecule has 1 atom stereocenters. The lowest BCUT2D eigenvalue weighted by Gasteiger charge is -2.25. The molecule has 0 bridgehead atoms. The van der Waals surface area contributed by atoms with Gasteiger partial charge in [-0.25, -0.2) is 4.79 Å². The van der Waals surface area contributed by atoms with E-state index >= 15 is 0 Å². The molecular weight excluding hydrogens is 260 g/mol. The number of amides is 3. The SMILES string of the molecule is Cc1nnc2n1CC(CNC(=O)N1CNC(=O)C1)CC2. The average Bonchev–Trinajstić information content (AvgIpc) is 3.03. The Hall–Kier alpha value is -2.12. The summed E-state index contributed by atoms with van der Waals surface area (Å²) >= 11 is 0. The lowest BCUT2D eigenvalue weighted by Crippen LogP contribution is -2.42. The Labute approximate surface area is 116 Å². The van der Waals surface area contributed by atoms with Crippen LogP contribution in [0.2, 0.25) is 0 Å². The molecule has 8 nitrogen and oxygen atoms in total. The normalized spacial score (nSPS) is 21.6. The highest BCUT2D eigenvalue weighted by molar-refractivity contribution is 5.86. The first kappa shape index (κ1) is 12.9. The fourth-order valence-corrected chi connectivity index (χ4v) is 2.65. The van der Waals surface area contributed by atoms with E-state index in [1.54, 1.807) is 0 Å². The number of aryl methyl sites for hydroxylation is 2. The van der Waals surface area contributed by atoms with Crippen molar-refractivity contribution in [2.24, 2.45) is 5.92 Å². The Morgan fingerprint density at radius 2 is 2.35 bits per heavy atom. The van der Waals surface area contributed by atoms with Gasteiger partial charge in [-0.1, -0.05) is 0 Å². The minimum atomic E-state index is -0.186. The summed E-state index contributed by atoms with van der Waals surface area (Å²) in [4.78, 5) is 24.4. The van der Waals surface area contributed by atoms with Crippen LogP contribution in [0.15, 0.2) is 0 Å². The number of nitrogens with one attached hydrogen (secondary N) is 2. The third kappa shape index (κ3) is 2.45. The molecule has 3 rings (SSSR count). The van der Waals surface area contributed by atoms with Crippen LogP contribution in [0.3, 0.4) is 0 Å². The molecular formula is C12H18N6O2. The molecule has 20 heavy (non-hydrogen) atoms. The maximum atomic E-state index is 11.9. The summed E-state index contributed by atoms with van der Waals surface area (Å²) in [7, 11) is 0. The molecule has 108 valence electrons. The van der Waals surface area contributed by atoms with Gasteiger partial charge in [0, 0.05) is 19.5 Å². The number of nitrogens with zero attached hydrogens (tertiary/aromatic N) is 4. The van der Waals surface area contributed by atoms with E-state index in [1.165, 1.54) is 4.90 Å². The van der Waals surface area contributed by atoms with Gasteiger partial charge >= 0.3 is 6.03 Å². The van der Waals surface area contributed by atoms with Gasteiger partial charge in [0.15, 0.2) is 0 Å². The summed E-state index contributed by atoms with van der Waals surface area (Å²) in [5, 5.41) is 13.7. The monoisotopic (exact) mass is 278 g/mol. The van der Waals surface area contributed by atoms with E-state index in [4.69, 9.17) is 0 Å². The van der Waals surface area contributed by atoms with Crippen LogP contribution >= 0.6 is 0 Å². The molecule has 2 aliphatic heterocycles. The summed E-state index contributed by atoms with van der Waals surface area (Å²) in [5.41, 5.74) is 0. The molecule has 0 aromatic carbocycles. The Bertz CT molecular complexity index is 540. The Morgan fingerprint density at radius 3 is 3.10 bits per heavy atom. The van der Waals surface area contributed by atoms with E-state index in [0.29, 0.717) is 19.1 Å². The van der Waals surface area contributed by atoms with Gasteiger partial charge in [-0.2, -0.15) is 0 Å². The van der Waals surface area contributed by atoms with Gasteiger partial charge in [0.1, 0.15) is 18.2 Å². The zero-order valence-corrected chi connectivity index (χ0v) is 11.4. The molecule has 3 heterocycles. The molecule has 3 amide bonds. The van der Waals surface area contributed by atoms with Crippen LogP contribution in [0.4, 0.5) is 4.79 Å². The first-order chi connectivity index (χ1) is 9.63. The molecule has 2 aliphatic rings. The predicted molar refractivity (Wildman–Crippen MR) is 69.7 cm³/mol. The zero-order valence-electron chi connectivity index (χ0n) is 11.4. The largest absolute Gasteiger partial charge is 0.338 e. The van der Waals surface area contributed by atoms with E-state index in [9.17, 15) is 9.59 Å². The molecule has 0 spiro atoms. The van der Waals surface area contributed by atoms with Crippen LogP contribution in [-0.4, -0.2) is 51.4 Å². The van der Waals surface area contributed by atoms with E-state index in [-0.39, 0.29) is 18.5 Å². The van der Waals surface area contributed by atoms with Crippen LogP contribution in [0.25, 0.3) is 0 Å². The van der Waals surface area contributed by atoms with Gasteiger partial charge in [0.2, 0.25) is 5.91 Å². The minimum absolute atomic E-state index is 0.109. The first-order valence-electron chi connectivity index (χ1n) is 6.81. The van der Waals surface area contributed by atoms with E-state index in [2.05, 4.69) is 25.4 Å². The number of urea groups is 1. The second-order valence-electron chi connectivity index (χ2n) is 5.32. The van der Waals surface area contributed by atoms with Crippen molar-refractivity contribution in [2.45, 2.75) is 26.3 Å². The maximum absolute atomic E-state index is 11.9. The van der Waals surface area contributed by atoms with Crippen LogP contribution in [0.5, 0.6) is 0 Å². The predicted octanol–water partition coefficient (Wildman–Crippen LogP) is -0.752. The molecule has 1 aromatic rings. The summed E-state index contributed by atoms with van der Waals surface area (Å²) in [6.45, 7) is 3.83. The molecule has 0 radical (unpaired) electrons. The third-order valence-corrected chi connectivity index (χ3v) is 3.86. The van der Waals surface area contributed by atoms with Crippen molar-refractivity contribution in [1.29, 1.82) is 0 Å². The highest BCUT2D eigenvalue weighted by Gasteiger charge is 2.25. The molecule has 8 heteroatoms. The van der Waals surface area contributed by atoms with Crippen molar-refractivity contribution in [3.05, 3.63) is 11.6 Å². The van der Waals surface area contributed by atoms with Crippen molar-refractivity contribution < 1.29 is 9.59 Å². The van der Waals surface area contributed by atoms with Gasteiger partial charge in [-0.3, -0.25) is 9.69 Å². The molecule has 1 aromatic heterocycles. The van der Waals surface area contributed by atoms with Crippen molar-refractivity contribution in [1.82, 2.24) is 30.3 Å². The van der Waals surface area contributed by atoms with E-state index in [0.717, 1.165) is 31.0 Å². The Morgan fingerprint density at radius 1 is 1.50 bits per heavy atom. The number of hydrogen-bond donors (Lipinski definition) is 2. The van der Waals surface area contributed by atoms with E-state index < -0.39 is 0 Å². The second-order valence-corrected chi connectivity index (χ2v) is 5.32. The van der Waals surface area contributed by atoms with Gasteiger partial charge < -0.3 is 15.2 Å². The van der Waals surface area contributed by atoms with Crippen molar-refractivity contribution >= 4 is 11.9 Å². The number of carbonyl (C=O) groups is 2. The number of fused-ring (bicyclic) bond motifs is 1. The molecule has 1 fully saturated rings. The van der Waals surface area contributed by atoms with Gasteiger partial charge in [-0.05, 0) is 19.3 Å². The van der Waals surface area contributed by atoms with Crippen LogP contribution in [-0.2, 0) is 17.8 Å².